The highest BCUT2D eigenvalue weighted by atomic mass is 16.3. The third kappa shape index (κ3) is 5.14. The number of para-hydroxylation sites is 1. The molecule has 6 nitrogen and oxygen atoms in total. The Bertz CT molecular complexity index is 670. The summed E-state index contributed by atoms with van der Waals surface area (Å²) >= 11 is 0. The Labute approximate surface area is 146 Å². The van der Waals surface area contributed by atoms with Gasteiger partial charge in [0.15, 0.2) is 0 Å². The Morgan fingerprint density at radius 3 is 1.80 bits per heavy atom. The van der Waals surface area contributed by atoms with E-state index in [1.807, 2.05) is 36.4 Å². The highest BCUT2D eigenvalue weighted by Crippen LogP contribution is 2.18. The maximum absolute atomic E-state index is 12.8. The SMILES string of the molecule is O=C(C(=O)N(Cc1ccccc1)c1ccccc1)N(CCO)CCO. The highest BCUT2D eigenvalue weighted by molar-refractivity contribution is 6.40. The molecule has 2 aromatic rings. The summed E-state index contributed by atoms with van der Waals surface area (Å²) in [6.07, 6.45) is 0. The molecular formula is C19H22N2O4. The first-order valence-corrected chi connectivity index (χ1v) is 8.09. The van der Waals surface area contributed by atoms with Crippen LogP contribution >= 0.6 is 0 Å². The number of nitrogens with zero attached hydrogens (tertiary/aromatic N) is 2. The molecule has 2 rings (SSSR count). The number of hydrogen-bond acceptors (Lipinski definition) is 4. The smallest absolute Gasteiger partial charge is 0.316 e. The number of rotatable bonds is 7. The number of aliphatic hydroxyl groups is 2. The molecule has 132 valence electrons. The largest absolute Gasteiger partial charge is 0.395 e. The van der Waals surface area contributed by atoms with Gasteiger partial charge >= 0.3 is 11.8 Å². The number of aliphatic hydroxyl groups excluding tert-OH is 2. The molecule has 0 fully saturated rings. The molecule has 2 N–H and O–H groups in total. The maximum Gasteiger partial charge on any atom is 0.316 e. The first-order chi connectivity index (χ1) is 12.2. The van der Waals surface area contributed by atoms with Crippen LogP contribution in [0.4, 0.5) is 5.69 Å². The molecule has 0 aromatic heterocycles. The lowest BCUT2D eigenvalue weighted by Gasteiger charge is -2.26. The van der Waals surface area contributed by atoms with Crippen LogP contribution in [0.5, 0.6) is 0 Å². The summed E-state index contributed by atoms with van der Waals surface area (Å²) in [5.41, 5.74) is 1.50. The Morgan fingerprint density at radius 1 is 0.760 bits per heavy atom. The number of anilines is 1. The van der Waals surface area contributed by atoms with Crippen molar-refractivity contribution in [2.75, 3.05) is 31.2 Å². The molecule has 2 amide bonds. The summed E-state index contributed by atoms with van der Waals surface area (Å²) in [5.74, 6) is -1.44. The van der Waals surface area contributed by atoms with E-state index >= 15 is 0 Å². The van der Waals surface area contributed by atoms with Gasteiger partial charge in [-0.25, -0.2) is 0 Å². The quantitative estimate of drug-likeness (QED) is 0.737. The predicted octanol–water partition coefficient (Wildman–Crippen LogP) is 1.03. The molecule has 0 heterocycles. The summed E-state index contributed by atoms with van der Waals surface area (Å²) in [7, 11) is 0. The van der Waals surface area contributed by atoms with E-state index in [-0.39, 0.29) is 32.8 Å². The second-order valence-corrected chi connectivity index (χ2v) is 5.45. The molecule has 25 heavy (non-hydrogen) atoms. The minimum Gasteiger partial charge on any atom is -0.395 e. The van der Waals surface area contributed by atoms with E-state index in [0.29, 0.717) is 5.69 Å². The third-order valence-corrected chi connectivity index (χ3v) is 3.71. The molecule has 0 bridgehead atoms. The van der Waals surface area contributed by atoms with Crippen LogP contribution in [0.1, 0.15) is 5.56 Å². The van der Waals surface area contributed by atoms with Crippen LogP contribution in [0.25, 0.3) is 0 Å². The normalized spacial score (nSPS) is 10.3. The van der Waals surface area contributed by atoms with Crippen molar-refractivity contribution in [2.45, 2.75) is 6.54 Å². The van der Waals surface area contributed by atoms with Crippen molar-refractivity contribution >= 4 is 17.5 Å². The van der Waals surface area contributed by atoms with E-state index < -0.39 is 11.8 Å². The average molecular weight is 342 g/mol. The van der Waals surface area contributed by atoms with Gasteiger partial charge in [0.1, 0.15) is 0 Å². The molecular weight excluding hydrogens is 320 g/mol. The van der Waals surface area contributed by atoms with E-state index in [1.165, 1.54) is 4.90 Å². The summed E-state index contributed by atoms with van der Waals surface area (Å²) in [6, 6.07) is 18.3. The zero-order valence-electron chi connectivity index (χ0n) is 13.9. The fourth-order valence-corrected chi connectivity index (χ4v) is 2.46. The van der Waals surface area contributed by atoms with E-state index in [9.17, 15) is 9.59 Å². The van der Waals surface area contributed by atoms with Crippen molar-refractivity contribution in [3.05, 3.63) is 66.2 Å². The molecule has 0 aliphatic heterocycles. The fraction of sp³-hybridized carbons (Fsp3) is 0.263. The summed E-state index contributed by atoms with van der Waals surface area (Å²) in [5, 5.41) is 18.2. The van der Waals surface area contributed by atoms with Gasteiger partial charge in [-0.2, -0.15) is 0 Å². The molecule has 0 aliphatic carbocycles. The van der Waals surface area contributed by atoms with Crippen molar-refractivity contribution in [1.82, 2.24) is 4.90 Å². The molecule has 0 atom stereocenters. The molecule has 0 saturated heterocycles. The standard InChI is InChI=1S/C19H22N2O4/c22-13-11-20(12-14-23)18(24)19(25)21(17-9-5-2-6-10-17)15-16-7-3-1-4-8-16/h1-10,22-23H,11-15H2. The van der Waals surface area contributed by atoms with Crippen LogP contribution in [0.3, 0.4) is 0 Å². The van der Waals surface area contributed by atoms with Crippen LogP contribution in [-0.4, -0.2) is 53.2 Å². The van der Waals surface area contributed by atoms with Gasteiger partial charge < -0.3 is 15.1 Å². The Kier molecular flexibility index (Phi) is 7.13. The lowest BCUT2D eigenvalue weighted by Crippen LogP contribution is -2.47. The zero-order valence-corrected chi connectivity index (χ0v) is 13.9. The van der Waals surface area contributed by atoms with Crippen molar-refractivity contribution in [2.24, 2.45) is 0 Å². The van der Waals surface area contributed by atoms with Gasteiger partial charge in [-0.3, -0.25) is 14.5 Å². The summed E-state index contributed by atoms with van der Waals surface area (Å²) in [6.45, 7) is -0.300. The summed E-state index contributed by atoms with van der Waals surface area (Å²) < 4.78 is 0. The molecule has 0 radical (unpaired) electrons. The van der Waals surface area contributed by atoms with E-state index in [1.54, 1.807) is 24.3 Å². The van der Waals surface area contributed by atoms with E-state index in [4.69, 9.17) is 10.2 Å². The molecule has 0 unspecified atom stereocenters. The molecule has 6 heteroatoms. The van der Waals surface area contributed by atoms with Gasteiger partial charge in [-0.15, -0.1) is 0 Å². The predicted molar refractivity (Wildman–Crippen MR) is 94.8 cm³/mol. The minimum atomic E-state index is -0.747. The number of carbonyl (C=O) groups excluding carboxylic acids is 2. The van der Waals surface area contributed by atoms with Crippen molar-refractivity contribution < 1.29 is 19.8 Å². The topological polar surface area (TPSA) is 81.1 Å². The number of benzene rings is 2. The lowest BCUT2D eigenvalue weighted by atomic mass is 10.2. The lowest BCUT2D eigenvalue weighted by molar-refractivity contribution is -0.145. The van der Waals surface area contributed by atoms with Crippen molar-refractivity contribution in [3.8, 4) is 0 Å². The molecule has 0 spiro atoms. The first kappa shape index (κ1) is 18.6. The van der Waals surface area contributed by atoms with Crippen LogP contribution in [0, 0.1) is 0 Å². The van der Waals surface area contributed by atoms with Gasteiger partial charge in [0.05, 0.1) is 19.8 Å². The molecule has 0 saturated carbocycles. The van der Waals surface area contributed by atoms with E-state index in [2.05, 4.69) is 0 Å². The highest BCUT2D eigenvalue weighted by Gasteiger charge is 2.27. The van der Waals surface area contributed by atoms with Gasteiger partial charge in [0.2, 0.25) is 0 Å². The number of carbonyl (C=O) groups is 2. The van der Waals surface area contributed by atoms with Crippen LogP contribution in [0.2, 0.25) is 0 Å². The monoisotopic (exact) mass is 342 g/mol. The molecule has 0 aliphatic rings. The third-order valence-electron chi connectivity index (χ3n) is 3.71. The van der Waals surface area contributed by atoms with Crippen LogP contribution in [-0.2, 0) is 16.1 Å². The van der Waals surface area contributed by atoms with Gasteiger partial charge in [0, 0.05) is 18.8 Å². The fourth-order valence-electron chi connectivity index (χ4n) is 2.46. The first-order valence-electron chi connectivity index (χ1n) is 8.09. The number of amides is 2. The summed E-state index contributed by atoms with van der Waals surface area (Å²) in [4.78, 5) is 27.9. The number of hydrogen-bond donors (Lipinski definition) is 2. The van der Waals surface area contributed by atoms with Crippen LogP contribution in [0.15, 0.2) is 60.7 Å². The van der Waals surface area contributed by atoms with Gasteiger partial charge in [0.25, 0.3) is 0 Å². The van der Waals surface area contributed by atoms with E-state index in [0.717, 1.165) is 10.5 Å². The Balaban J connectivity index is 2.27. The van der Waals surface area contributed by atoms with Crippen molar-refractivity contribution in [1.29, 1.82) is 0 Å². The van der Waals surface area contributed by atoms with Gasteiger partial charge in [-0.05, 0) is 17.7 Å². The Hall–Kier alpha value is -2.70. The Morgan fingerprint density at radius 2 is 1.28 bits per heavy atom. The maximum atomic E-state index is 12.8. The minimum absolute atomic E-state index is 0.000893. The second-order valence-electron chi connectivity index (χ2n) is 5.45. The zero-order chi connectivity index (χ0) is 18.1. The van der Waals surface area contributed by atoms with Gasteiger partial charge in [-0.1, -0.05) is 48.5 Å². The van der Waals surface area contributed by atoms with Crippen molar-refractivity contribution in [3.63, 3.8) is 0 Å². The molecule has 2 aromatic carbocycles. The second kappa shape index (κ2) is 9.56. The average Bonchev–Trinajstić information content (AvgIpc) is 2.66. The van der Waals surface area contributed by atoms with Crippen LogP contribution < -0.4 is 4.90 Å².